The first-order chi connectivity index (χ1) is 6.77. The molecule has 0 saturated heterocycles. The van der Waals surface area contributed by atoms with Crippen LogP contribution >= 0.6 is 0 Å². The van der Waals surface area contributed by atoms with E-state index in [-0.39, 0.29) is 12.5 Å². The second kappa shape index (κ2) is 3.82. The summed E-state index contributed by atoms with van der Waals surface area (Å²) in [5.41, 5.74) is 5.16. The fourth-order valence-corrected chi connectivity index (χ4v) is 2.17. The number of carbonyl (C=O) groups excluding carboxylic acids is 1. The molecule has 0 spiro atoms. The van der Waals surface area contributed by atoms with Crippen molar-refractivity contribution in [2.75, 3.05) is 0 Å². The van der Waals surface area contributed by atoms with Crippen molar-refractivity contribution in [2.24, 2.45) is 5.73 Å². The molecule has 2 N–H and O–H groups in total. The molecule has 4 nitrogen and oxygen atoms in total. The summed E-state index contributed by atoms with van der Waals surface area (Å²) in [6.45, 7) is 0.256. The van der Waals surface area contributed by atoms with E-state index in [9.17, 15) is 4.79 Å². The molecule has 0 radical (unpaired) electrons. The van der Waals surface area contributed by atoms with Gasteiger partial charge in [-0.15, -0.1) is 0 Å². The summed E-state index contributed by atoms with van der Waals surface area (Å²) in [5.74, 6) is 1.26. The highest BCUT2D eigenvalue weighted by Crippen LogP contribution is 2.32. The molecular weight excluding hydrogens is 178 g/mol. The van der Waals surface area contributed by atoms with Gasteiger partial charge >= 0.3 is 0 Å². The van der Waals surface area contributed by atoms with Gasteiger partial charge < -0.3 is 10.3 Å². The van der Waals surface area contributed by atoms with Crippen LogP contribution in [0.4, 0.5) is 0 Å². The molecule has 76 valence electrons. The number of primary amides is 1. The Bertz CT molecular complexity index is 326. The number of aromatic nitrogens is 2. The Hall–Kier alpha value is -1.32. The van der Waals surface area contributed by atoms with Crippen molar-refractivity contribution < 1.29 is 4.79 Å². The van der Waals surface area contributed by atoms with E-state index < -0.39 is 0 Å². The summed E-state index contributed by atoms with van der Waals surface area (Å²) in [6.07, 6.45) is 8.50. The third-order valence-corrected chi connectivity index (χ3v) is 2.79. The van der Waals surface area contributed by atoms with Crippen molar-refractivity contribution in [1.29, 1.82) is 0 Å². The lowest BCUT2D eigenvalue weighted by atomic mass is 10.1. The molecule has 1 aromatic heterocycles. The lowest BCUT2D eigenvalue weighted by Crippen LogP contribution is -2.20. The van der Waals surface area contributed by atoms with Crippen LogP contribution in [0.2, 0.25) is 0 Å². The largest absolute Gasteiger partial charge is 0.368 e. The highest BCUT2D eigenvalue weighted by Gasteiger charge is 2.21. The Kier molecular flexibility index (Phi) is 2.52. The standard InChI is InChI=1S/C10H15N3O/c11-9(14)7-13-6-5-12-10(13)8-3-1-2-4-8/h5-6,8H,1-4,7H2,(H2,11,14). The predicted molar refractivity (Wildman–Crippen MR) is 52.6 cm³/mol. The smallest absolute Gasteiger partial charge is 0.237 e. The summed E-state index contributed by atoms with van der Waals surface area (Å²) in [6, 6.07) is 0. The maximum absolute atomic E-state index is 10.8. The normalized spacial score (nSPS) is 17.4. The van der Waals surface area contributed by atoms with E-state index in [0.717, 1.165) is 5.82 Å². The zero-order valence-corrected chi connectivity index (χ0v) is 8.15. The third-order valence-electron chi connectivity index (χ3n) is 2.79. The van der Waals surface area contributed by atoms with Gasteiger partial charge in [0.1, 0.15) is 12.4 Å². The van der Waals surface area contributed by atoms with Gasteiger partial charge in [0.05, 0.1) is 0 Å². The SMILES string of the molecule is NC(=O)Cn1ccnc1C1CCCC1. The van der Waals surface area contributed by atoms with Crippen LogP contribution in [0.1, 0.15) is 37.4 Å². The molecule has 0 aromatic carbocycles. The number of hydrogen-bond acceptors (Lipinski definition) is 2. The summed E-state index contributed by atoms with van der Waals surface area (Å²) >= 11 is 0. The Labute approximate surface area is 83.1 Å². The zero-order valence-electron chi connectivity index (χ0n) is 8.15. The average molecular weight is 193 g/mol. The Morgan fingerprint density at radius 2 is 2.29 bits per heavy atom. The van der Waals surface area contributed by atoms with Gasteiger partial charge in [0.25, 0.3) is 0 Å². The lowest BCUT2D eigenvalue weighted by Gasteiger charge is -2.10. The summed E-state index contributed by atoms with van der Waals surface area (Å²) in [5, 5.41) is 0. The predicted octanol–water partition coefficient (Wildman–Crippen LogP) is 1.03. The van der Waals surface area contributed by atoms with Gasteiger partial charge in [-0.2, -0.15) is 0 Å². The molecular formula is C10H15N3O. The molecule has 1 heterocycles. The molecule has 1 aliphatic carbocycles. The summed E-state index contributed by atoms with van der Waals surface area (Å²) in [4.78, 5) is 15.1. The number of carbonyl (C=O) groups is 1. The average Bonchev–Trinajstić information content (AvgIpc) is 2.70. The van der Waals surface area contributed by atoms with E-state index in [2.05, 4.69) is 4.98 Å². The molecule has 1 amide bonds. The van der Waals surface area contributed by atoms with Crippen molar-refractivity contribution in [1.82, 2.24) is 9.55 Å². The van der Waals surface area contributed by atoms with Crippen LogP contribution in [0.15, 0.2) is 12.4 Å². The molecule has 4 heteroatoms. The number of nitrogens with zero attached hydrogens (tertiary/aromatic N) is 2. The van der Waals surface area contributed by atoms with Crippen LogP contribution < -0.4 is 5.73 Å². The number of imidazole rings is 1. The second-order valence-electron chi connectivity index (χ2n) is 3.86. The van der Waals surface area contributed by atoms with E-state index in [4.69, 9.17) is 5.73 Å². The van der Waals surface area contributed by atoms with Crippen LogP contribution in [0.3, 0.4) is 0 Å². The molecule has 0 bridgehead atoms. The van der Waals surface area contributed by atoms with Gasteiger partial charge in [0, 0.05) is 18.3 Å². The van der Waals surface area contributed by atoms with Crippen molar-refractivity contribution in [3.8, 4) is 0 Å². The topological polar surface area (TPSA) is 60.9 Å². The molecule has 1 aromatic rings. The number of hydrogen-bond donors (Lipinski definition) is 1. The van der Waals surface area contributed by atoms with Gasteiger partial charge in [-0.1, -0.05) is 12.8 Å². The number of rotatable bonds is 3. The molecule has 2 rings (SSSR count). The van der Waals surface area contributed by atoms with Gasteiger partial charge in [0.15, 0.2) is 0 Å². The molecule has 1 saturated carbocycles. The van der Waals surface area contributed by atoms with Crippen LogP contribution in [-0.2, 0) is 11.3 Å². The van der Waals surface area contributed by atoms with Crippen LogP contribution in [0.5, 0.6) is 0 Å². The van der Waals surface area contributed by atoms with Crippen LogP contribution in [0, 0.1) is 0 Å². The maximum atomic E-state index is 10.8. The fourth-order valence-electron chi connectivity index (χ4n) is 2.17. The molecule has 14 heavy (non-hydrogen) atoms. The van der Waals surface area contributed by atoms with E-state index in [1.54, 1.807) is 6.20 Å². The second-order valence-corrected chi connectivity index (χ2v) is 3.86. The first-order valence-electron chi connectivity index (χ1n) is 5.06. The van der Waals surface area contributed by atoms with Crippen LogP contribution in [-0.4, -0.2) is 15.5 Å². The monoisotopic (exact) mass is 193 g/mol. The Morgan fingerprint density at radius 3 is 2.93 bits per heavy atom. The third kappa shape index (κ3) is 1.78. The Balaban J connectivity index is 2.15. The van der Waals surface area contributed by atoms with E-state index in [1.165, 1.54) is 25.7 Å². The zero-order chi connectivity index (χ0) is 9.97. The minimum Gasteiger partial charge on any atom is -0.368 e. The molecule has 0 aliphatic heterocycles. The fraction of sp³-hybridized carbons (Fsp3) is 0.600. The highest BCUT2D eigenvalue weighted by atomic mass is 16.1. The van der Waals surface area contributed by atoms with Crippen molar-refractivity contribution >= 4 is 5.91 Å². The first-order valence-corrected chi connectivity index (χ1v) is 5.06. The number of nitrogens with two attached hydrogens (primary N) is 1. The summed E-state index contributed by atoms with van der Waals surface area (Å²) < 4.78 is 1.87. The first kappa shape index (κ1) is 9.24. The van der Waals surface area contributed by atoms with Gasteiger partial charge in [-0.25, -0.2) is 4.98 Å². The van der Waals surface area contributed by atoms with E-state index >= 15 is 0 Å². The van der Waals surface area contributed by atoms with Crippen molar-refractivity contribution in [2.45, 2.75) is 38.1 Å². The molecule has 0 unspecified atom stereocenters. The van der Waals surface area contributed by atoms with Crippen molar-refractivity contribution in [3.63, 3.8) is 0 Å². The van der Waals surface area contributed by atoms with Gasteiger partial charge in [-0.05, 0) is 12.8 Å². The van der Waals surface area contributed by atoms with E-state index in [1.807, 2.05) is 10.8 Å². The summed E-state index contributed by atoms with van der Waals surface area (Å²) in [7, 11) is 0. The lowest BCUT2D eigenvalue weighted by molar-refractivity contribution is -0.118. The van der Waals surface area contributed by atoms with Gasteiger partial charge in [0.2, 0.25) is 5.91 Å². The maximum Gasteiger partial charge on any atom is 0.237 e. The van der Waals surface area contributed by atoms with E-state index in [0.29, 0.717) is 5.92 Å². The van der Waals surface area contributed by atoms with Gasteiger partial charge in [-0.3, -0.25) is 4.79 Å². The molecule has 1 fully saturated rings. The minimum absolute atomic E-state index is 0.256. The van der Waals surface area contributed by atoms with Crippen molar-refractivity contribution in [3.05, 3.63) is 18.2 Å². The number of amides is 1. The molecule has 1 aliphatic rings. The Morgan fingerprint density at radius 1 is 1.57 bits per heavy atom. The minimum atomic E-state index is -0.303. The molecule has 0 atom stereocenters. The highest BCUT2D eigenvalue weighted by molar-refractivity contribution is 5.73. The quantitative estimate of drug-likeness (QED) is 0.779. The van der Waals surface area contributed by atoms with Crippen LogP contribution in [0.25, 0.3) is 0 Å².